The predicted molar refractivity (Wildman–Crippen MR) is 71.7 cm³/mol. The standard InChI is InChI=1S/C14H17N3O2/c1-11-5-3-4-6-13(11)19-10-14(18)15-9-12-7-8-17(2)16-12/h3-8H,9-10H2,1-2H3,(H,15,18). The zero-order chi connectivity index (χ0) is 13.7. The average molecular weight is 259 g/mol. The van der Waals surface area contributed by atoms with Gasteiger partial charge in [-0.3, -0.25) is 9.48 Å². The van der Waals surface area contributed by atoms with E-state index in [0.29, 0.717) is 6.54 Å². The van der Waals surface area contributed by atoms with Crippen molar-refractivity contribution in [1.82, 2.24) is 15.1 Å². The molecule has 19 heavy (non-hydrogen) atoms. The highest BCUT2D eigenvalue weighted by molar-refractivity contribution is 5.77. The van der Waals surface area contributed by atoms with Gasteiger partial charge >= 0.3 is 0 Å². The average Bonchev–Trinajstić information content (AvgIpc) is 2.81. The summed E-state index contributed by atoms with van der Waals surface area (Å²) in [5, 5.41) is 6.94. The summed E-state index contributed by atoms with van der Waals surface area (Å²) in [6, 6.07) is 9.47. The summed E-state index contributed by atoms with van der Waals surface area (Å²) in [4.78, 5) is 11.6. The van der Waals surface area contributed by atoms with Gasteiger partial charge in [0.15, 0.2) is 6.61 Å². The van der Waals surface area contributed by atoms with Gasteiger partial charge in [-0.1, -0.05) is 18.2 Å². The van der Waals surface area contributed by atoms with Crippen LogP contribution in [-0.4, -0.2) is 22.3 Å². The molecule has 1 amide bonds. The van der Waals surface area contributed by atoms with Crippen molar-refractivity contribution >= 4 is 5.91 Å². The van der Waals surface area contributed by atoms with E-state index in [4.69, 9.17) is 4.74 Å². The molecule has 1 N–H and O–H groups in total. The van der Waals surface area contributed by atoms with Gasteiger partial charge in [0.1, 0.15) is 5.75 Å². The number of para-hydroxylation sites is 1. The van der Waals surface area contributed by atoms with Gasteiger partial charge < -0.3 is 10.1 Å². The highest BCUT2D eigenvalue weighted by Gasteiger charge is 2.05. The van der Waals surface area contributed by atoms with E-state index < -0.39 is 0 Å². The number of nitrogens with one attached hydrogen (secondary N) is 1. The smallest absolute Gasteiger partial charge is 0.258 e. The highest BCUT2D eigenvalue weighted by Crippen LogP contribution is 2.15. The molecule has 0 aliphatic heterocycles. The monoisotopic (exact) mass is 259 g/mol. The van der Waals surface area contributed by atoms with E-state index in [1.807, 2.05) is 50.5 Å². The van der Waals surface area contributed by atoms with E-state index >= 15 is 0 Å². The summed E-state index contributed by atoms with van der Waals surface area (Å²) >= 11 is 0. The van der Waals surface area contributed by atoms with Crippen LogP contribution in [0.1, 0.15) is 11.3 Å². The van der Waals surface area contributed by atoms with Crippen molar-refractivity contribution in [3.63, 3.8) is 0 Å². The van der Waals surface area contributed by atoms with Gasteiger partial charge in [0.05, 0.1) is 12.2 Å². The van der Waals surface area contributed by atoms with E-state index in [-0.39, 0.29) is 12.5 Å². The zero-order valence-corrected chi connectivity index (χ0v) is 11.1. The summed E-state index contributed by atoms with van der Waals surface area (Å²) < 4.78 is 7.15. The van der Waals surface area contributed by atoms with E-state index in [9.17, 15) is 4.79 Å². The Morgan fingerprint density at radius 2 is 2.16 bits per heavy atom. The van der Waals surface area contributed by atoms with Gasteiger partial charge in [-0.05, 0) is 24.6 Å². The molecule has 0 aliphatic carbocycles. The second-order valence-electron chi connectivity index (χ2n) is 4.31. The third kappa shape index (κ3) is 3.84. The molecule has 5 nitrogen and oxygen atoms in total. The van der Waals surface area contributed by atoms with Crippen molar-refractivity contribution in [3.8, 4) is 5.75 Å². The van der Waals surface area contributed by atoms with Gasteiger partial charge in [-0.15, -0.1) is 0 Å². The lowest BCUT2D eigenvalue weighted by molar-refractivity contribution is -0.123. The van der Waals surface area contributed by atoms with E-state index in [1.165, 1.54) is 0 Å². The number of hydrogen-bond donors (Lipinski definition) is 1. The van der Waals surface area contributed by atoms with Gasteiger partial charge in [-0.25, -0.2) is 0 Å². The highest BCUT2D eigenvalue weighted by atomic mass is 16.5. The fourth-order valence-corrected chi connectivity index (χ4v) is 1.66. The molecule has 0 saturated heterocycles. The minimum atomic E-state index is -0.158. The number of hydrogen-bond acceptors (Lipinski definition) is 3. The lowest BCUT2D eigenvalue weighted by atomic mass is 10.2. The van der Waals surface area contributed by atoms with Crippen LogP contribution in [0.2, 0.25) is 0 Å². The van der Waals surface area contributed by atoms with Gasteiger partial charge in [-0.2, -0.15) is 5.10 Å². The third-order valence-corrected chi connectivity index (χ3v) is 2.69. The number of benzene rings is 1. The number of rotatable bonds is 5. The summed E-state index contributed by atoms with van der Waals surface area (Å²) in [6.07, 6.45) is 1.84. The van der Waals surface area contributed by atoms with Crippen molar-refractivity contribution in [1.29, 1.82) is 0 Å². The van der Waals surface area contributed by atoms with E-state index in [1.54, 1.807) is 4.68 Å². The molecule has 100 valence electrons. The Hall–Kier alpha value is -2.30. The Kier molecular flexibility index (Phi) is 4.18. The fourth-order valence-electron chi connectivity index (χ4n) is 1.66. The van der Waals surface area contributed by atoms with Crippen LogP contribution in [0.5, 0.6) is 5.75 Å². The van der Waals surface area contributed by atoms with E-state index in [2.05, 4.69) is 10.4 Å². The van der Waals surface area contributed by atoms with Gasteiger partial charge in [0.25, 0.3) is 5.91 Å². The van der Waals surface area contributed by atoms with Crippen molar-refractivity contribution < 1.29 is 9.53 Å². The Balaban J connectivity index is 1.77. The molecular weight excluding hydrogens is 242 g/mol. The number of carbonyl (C=O) groups is 1. The van der Waals surface area contributed by atoms with Crippen LogP contribution in [0.4, 0.5) is 0 Å². The largest absolute Gasteiger partial charge is 0.484 e. The molecule has 0 spiro atoms. The lowest BCUT2D eigenvalue weighted by Crippen LogP contribution is -2.28. The van der Waals surface area contributed by atoms with Crippen LogP contribution in [0.15, 0.2) is 36.5 Å². The molecule has 0 bridgehead atoms. The first kappa shape index (κ1) is 13.1. The minimum absolute atomic E-state index is 0.0116. The topological polar surface area (TPSA) is 56.1 Å². The van der Waals surface area contributed by atoms with Crippen LogP contribution in [0.3, 0.4) is 0 Å². The molecule has 0 fully saturated rings. The molecule has 2 rings (SSSR count). The maximum atomic E-state index is 11.6. The number of carbonyl (C=O) groups excluding carboxylic acids is 1. The first-order chi connectivity index (χ1) is 9.15. The van der Waals surface area contributed by atoms with Crippen LogP contribution < -0.4 is 10.1 Å². The maximum absolute atomic E-state index is 11.6. The van der Waals surface area contributed by atoms with Crippen molar-refractivity contribution in [2.24, 2.45) is 7.05 Å². The summed E-state index contributed by atoms with van der Waals surface area (Å²) in [5.41, 5.74) is 1.84. The molecule has 0 saturated carbocycles. The number of amides is 1. The van der Waals surface area contributed by atoms with Crippen molar-refractivity contribution in [3.05, 3.63) is 47.8 Å². The summed E-state index contributed by atoms with van der Waals surface area (Å²) in [5.74, 6) is 0.574. The van der Waals surface area contributed by atoms with Gasteiger partial charge in [0.2, 0.25) is 0 Å². The van der Waals surface area contributed by atoms with E-state index in [0.717, 1.165) is 17.0 Å². The molecule has 0 aliphatic rings. The number of aromatic nitrogens is 2. The fraction of sp³-hybridized carbons (Fsp3) is 0.286. The molecule has 1 aromatic heterocycles. The lowest BCUT2D eigenvalue weighted by Gasteiger charge is -2.08. The molecule has 2 aromatic rings. The van der Waals surface area contributed by atoms with Crippen LogP contribution >= 0.6 is 0 Å². The van der Waals surface area contributed by atoms with Gasteiger partial charge in [0, 0.05) is 13.2 Å². The zero-order valence-electron chi connectivity index (χ0n) is 11.1. The Morgan fingerprint density at radius 1 is 1.37 bits per heavy atom. The van der Waals surface area contributed by atoms with Crippen molar-refractivity contribution in [2.75, 3.05) is 6.61 Å². The molecule has 0 atom stereocenters. The first-order valence-corrected chi connectivity index (χ1v) is 6.09. The molecule has 0 radical (unpaired) electrons. The van der Waals surface area contributed by atoms with Crippen LogP contribution in [-0.2, 0) is 18.4 Å². The second-order valence-corrected chi connectivity index (χ2v) is 4.31. The van der Waals surface area contributed by atoms with Crippen molar-refractivity contribution in [2.45, 2.75) is 13.5 Å². The first-order valence-electron chi connectivity index (χ1n) is 6.09. The number of nitrogens with zero attached hydrogens (tertiary/aromatic N) is 2. The maximum Gasteiger partial charge on any atom is 0.258 e. The summed E-state index contributed by atoms with van der Waals surface area (Å²) in [7, 11) is 1.84. The SMILES string of the molecule is Cc1ccccc1OCC(=O)NCc1ccn(C)n1. The Labute approximate surface area is 112 Å². The number of aryl methyl sites for hydroxylation is 2. The second kappa shape index (κ2) is 6.04. The normalized spacial score (nSPS) is 10.2. The molecule has 5 heteroatoms. The number of ether oxygens (including phenoxy) is 1. The predicted octanol–water partition coefficient (Wildman–Crippen LogP) is 1.42. The molecule has 1 aromatic carbocycles. The third-order valence-electron chi connectivity index (χ3n) is 2.69. The molecule has 1 heterocycles. The summed E-state index contributed by atoms with van der Waals surface area (Å²) in [6.45, 7) is 2.37. The van der Waals surface area contributed by atoms with Crippen LogP contribution in [0, 0.1) is 6.92 Å². The van der Waals surface area contributed by atoms with Crippen LogP contribution in [0.25, 0.3) is 0 Å². The Bertz CT molecular complexity index is 563. The minimum Gasteiger partial charge on any atom is -0.484 e. The molecular formula is C14H17N3O2. The quantitative estimate of drug-likeness (QED) is 0.883. The Morgan fingerprint density at radius 3 is 2.84 bits per heavy atom. The molecule has 0 unspecified atom stereocenters.